The lowest BCUT2D eigenvalue weighted by atomic mass is 10.1. The number of nitrogens with zero attached hydrogens (tertiary/aromatic N) is 5. The molecular formula is C26H34N6O2. The van der Waals surface area contributed by atoms with Gasteiger partial charge in [-0.2, -0.15) is 5.10 Å². The summed E-state index contributed by atoms with van der Waals surface area (Å²) in [6.07, 6.45) is 10.6. The maximum absolute atomic E-state index is 12.6. The Morgan fingerprint density at radius 2 is 1.91 bits per heavy atom. The Morgan fingerprint density at radius 1 is 1.15 bits per heavy atom. The summed E-state index contributed by atoms with van der Waals surface area (Å²) in [7, 11) is 0. The minimum atomic E-state index is -0.541. The molecule has 1 atom stereocenters. The first-order valence-corrected chi connectivity index (χ1v) is 12.0. The van der Waals surface area contributed by atoms with Crippen LogP contribution < -0.4 is 5.32 Å². The van der Waals surface area contributed by atoms with E-state index in [9.17, 15) is 4.79 Å². The van der Waals surface area contributed by atoms with Gasteiger partial charge in [-0.25, -0.2) is 15.0 Å². The van der Waals surface area contributed by atoms with Gasteiger partial charge in [-0.15, -0.1) is 0 Å². The van der Waals surface area contributed by atoms with Crippen LogP contribution in [0.15, 0.2) is 36.8 Å². The molecule has 4 heterocycles. The number of hydrogen-bond acceptors (Lipinski definition) is 7. The fraction of sp³-hybridized carbons (Fsp3) is 0.500. The number of pyridine rings is 1. The molecule has 34 heavy (non-hydrogen) atoms. The number of hydrogen-bond donors (Lipinski definition) is 1. The van der Waals surface area contributed by atoms with E-state index in [1.54, 1.807) is 12.4 Å². The smallest absolute Gasteiger partial charge is 0.308 e. The average molecular weight is 463 g/mol. The van der Waals surface area contributed by atoms with Gasteiger partial charge in [-0.1, -0.05) is 6.07 Å². The Hall–Kier alpha value is -3.29. The van der Waals surface area contributed by atoms with Crippen molar-refractivity contribution in [3.63, 3.8) is 0 Å². The minimum absolute atomic E-state index is 0.164. The van der Waals surface area contributed by atoms with Crippen LogP contribution in [0.4, 0.5) is 5.82 Å². The van der Waals surface area contributed by atoms with Crippen LogP contribution in [-0.4, -0.2) is 42.8 Å². The van der Waals surface area contributed by atoms with Crippen molar-refractivity contribution >= 4 is 11.8 Å². The molecule has 0 amide bonds. The van der Waals surface area contributed by atoms with E-state index in [1.807, 2.05) is 44.6 Å². The quantitative estimate of drug-likeness (QED) is 0.501. The standard InChI is InChI=1S/C26H34N6O2/c1-18-28-16-20(17-29-18)23(15-24(33)34-26(2,3)4)32-14-12-22(31-32)9-5-8-21-11-10-19-7-6-13-27-25(19)30-21/h10-12,14,16-17,23H,5-9,13,15H2,1-4H3,(H,27,30)/t23-/m1/s1. The number of aromatic nitrogens is 5. The maximum Gasteiger partial charge on any atom is 0.308 e. The van der Waals surface area contributed by atoms with Crippen molar-refractivity contribution in [3.05, 3.63) is 65.1 Å². The Bertz CT molecular complexity index is 1120. The SMILES string of the molecule is Cc1ncc([C@@H](CC(=O)OC(C)(C)C)n2ccc(CCCc3ccc4c(n3)NCCC4)n2)cn1. The number of fused-ring (bicyclic) bond motifs is 1. The van der Waals surface area contributed by atoms with Gasteiger partial charge in [0, 0.05) is 36.4 Å². The second-order valence-corrected chi connectivity index (χ2v) is 9.85. The van der Waals surface area contributed by atoms with Crippen molar-refractivity contribution in [3.8, 4) is 0 Å². The summed E-state index contributed by atoms with van der Waals surface area (Å²) in [5, 5.41) is 8.18. The van der Waals surface area contributed by atoms with Gasteiger partial charge in [0.15, 0.2) is 0 Å². The van der Waals surface area contributed by atoms with Crippen LogP contribution in [0.25, 0.3) is 0 Å². The van der Waals surface area contributed by atoms with E-state index in [4.69, 9.17) is 14.8 Å². The molecule has 0 fully saturated rings. The highest BCUT2D eigenvalue weighted by molar-refractivity contribution is 5.71. The third-order valence-corrected chi connectivity index (χ3v) is 5.77. The largest absolute Gasteiger partial charge is 0.460 e. The van der Waals surface area contributed by atoms with Gasteiger partial charge in [0.2, 0.25) is 0 Å². The number of nitrogens with one attached hydrogen (secondary N) is 1. The first-order chi connectivity index (χ1) is 16.3. The highest BCUT2D eigenvalue weighted by Gasteiger charge is 2.24. The minimum Gasteiger partial charge on any atom is -0.460 e. The zero-order chi connectivity index (χ0) is 24.1. The highest BCUT2D eigenvalue weighted by atomic mass is 16.6. The van der Waals surface area contributed by atoms with Gasteiger partial charge in [0.25, 0.3) is 0 Å². The monoisotopic (exact) mass is 462 g/mol. The predicted molar refractivity (Wildman–Crippen MR) is 131 cm³/mol. The van der Waals surface area contributed by atoms with E-state index in [-0.39, 0.29) is 18.4 Å². The van der Waals surface area contributed by atoms with Crippen molar-refractivity contribution in [2.75, 3.05) is 11.9 Å². The Balaban J connectivity index is 1.42. The summed E-state index contributed by atoms with van der Waals surface area (Å²) < 4.78 is 7.39. The number of esters is 1. The first-order valence-electron chi connectivity index (χ1n) is 12.0. The Kier molecular flexibility index (Phi) is 7.24. The van der Waals surface area contributed by atoms with Crippen molar-refractivity contribution in [1.82, 2.24) is 24.7 Å². The lowest BCUT2D eigenvalue weighted by molar-refractivity contribution is -0.155. The number of aryl methyl sites for hydroxylation is 4. The molecule has 3 aromatic heterocycles. The van der Waals surface area contributed by atoms with E-state index in [0.717, 1.165) is 55.0 Å². The van der Waals surface area contributed by atoms with E-state index in [0.29, 0.717) is 5.82 Å². The zero-order valence-corrected chi connectivity index (χ0v) is 20.5. The molecule has 1 aliphatic heterocycles. The van der Waals surface area contributed by atoms with Crippen LogP contribution in [-0.2, 0) is 28.8 Å². The molecule has 0 aromatic carbocycles. The number of anilines is 1. The zero-order valence-electron chi connectivity index (χ0n) is 20.5. The van der Waals surface area contributed by atoms with Gasteiger partial charge < -0.3 is 10.1 Å². The molecule has 4 rings (SSSR count). The van der Waals surface area contributed by atoms with Crippen molar-refractivity contribution in [2.24, 2.45) is 0 Å². The van der Waals surface area contributed by atoms with E-state index in [2.05, 4.69) is 27.4 Å². The number of ether oxygens (including phenoxy) is 1. The molecule has 0 unspecified atom stereocenters. The molecule has 0 bridgehead atoms. The Labute approximate surface area is 201 Å². The van der Waals surface area contributed by atoms with Gasteiger partial charge in [0.1, 0.15) is 17.2 Å². The van der Waals surface area contributed by atoms with Gasteiger partial charge >= 0.3 is 5.97 Å². The summed E-state index contributed by atoms with van der Waals surface area (Å²) in [5.41, 5.74) is 3.69. The van der Waals surface area contributed by atoms with Gasteiger partial charge in [0.05, 0.1) is 18.2 Å². The number of rotatable bonds is 8. The van der Waals surface area contributed by atoms with Crippen LogP contribution in [0.5, 0.6) is 0 Å². The predicted octanol–water partition coefficient (Wildman–Crippen LogP) is 4.23. The molecule has 0 saturated heterocycles. The van der Waals surface area contributed by atoms with Gasteiger partial charge in [-0.3, -0.25) is 9.48 Å². The molecule has 0 saturated carbocycles. The molecular weight excluding hydrogens is 428 g/mol. The van der Waals surface area contributed by atoms with Crippen molar-refractivity contribution in [1.29, 1.82) is 0 Å². The maximum atomic E-state index is 12.6. The molecule has 3 aromatic rings. The second kappa shape index (κ2) is 10.3. The summed E-state index contributed by atoms with van der Waals surface area (Å²) in [6.45, 7) is 8.45. The third kappa shape index (κ3) is 6.40. The topological polar surface area (TPSA) is 94.8 Å². The second-order valence-electron chi connectivity index (χ2n) is 9.85. The lowest BCUT2D eigenvalue weighted by Gasteiger charge is -2.22. The van der Waals surface area contributed by atoms with Gasteiger partial charge in [-0.05, 0) is 77.5 Å². The first kappa shape index (κ1) is 23.9. The summed E-state index contributed by atoms with van der Waals surface area (Å²) >= 11 is 0. The number of carbonyl (C=O) groups excluding carboxylic acids is 1. The van der Waals surface area contributed by atoms with Crippen LogP contribution in [0.3, 0.4) is 0 Å². The average Bonchev–Trinajstić information content (AvgIpc) is 3.25. The Morgan fingerprint density at radius 3 is 2.68 bits per heavy atom. The third-order valence-electron chi connectivity index (χ3n) is 5.77. The van der Waals surface area contributed by atoms with Crippen LogP contribution >= 0.6 is 0 Å². The highest BCUT2D eigenvalue weighted by Crippen LogP contribution is 2.24. The van der Waals surface area contributed by atoms with Crippen LogP contribution in [0, 0.1) is 6.92 Å². The fourth-order valence-corrected chi connectivity index (χ4v) is 4.12. The molecule has 8 nitrogen and oxygen atoms in total. The lowest BCUT2D eigenvalue weighted by Crippen LogP contribution is -2.26. The van der Waals surface area contributed by atoms with E-state index >= 15 is 0 Å². The van der Waals surface area contributed by atoms with E-state index in [1.165, 1.54) is 12.0 Å². The summed E-state index contributed by atoms with van der Waals surface area (Å²) in [4.78, 5) is 26.0. The van der Waals surface area contributed by atoms with Crippen molar-refractivity contribution < 1.29 is 9.53 Å². The molecule has 0 radical (unpaired) electrons. The fourth-order valence-electron chi connectivity index (χ4n) is 4.12. The summed E-state index contributed by atoms with van der Waals surface area (Å²) in [6, 6.07) is 6.03. The van der Waals surface area contributed by atoms with Crippen LogP contribution in [0.1, 0.15) is 74.4 Å². The summed E-state index contributed by atoms with van der Waals surface area (Å²) in [5.74, 6) is 1.45. The van der Waals surface area contributed by atoms with Crippen LogP contribution in [0.2, 0.25) is 0 Å². The van der Waals surface area contributed by atoms with Crippen molar-refractivity contribution in [2.45, 2.75) is 77.9 Å². The molecule has 8 heteroatoms. The molecule has 0 spiro atoms. The normalized spacial score (nSPS) is 14.2. The molecule has 0 aliphatic carbocycles. The number of carbonyl (C=O) groups is 1. The molecule has 180 valence electrons. The molecule has 1 aliphatic rings. The molecule has 1 N–H and O–H groups in total. The van der Waals surface area contributed by atoms with E-state index < -0.39 is 5.60 Å².